The molecule has 4 heterocycles. The van der Waals surface area contributed by atoms with Crippen LogP contribution in [0.25, 0.3) is 15.7 Å². The zero-order chi connectivity index (χ0) is 23.8. The fraction of sp³-hybridized carbons (Fsp3) is 0.417. The van der Waals surface area contributed by atoms with Crippen LogP contribution >= 0.6 is 22.9 Å². The summed E-state index contributed by atoms with van der Waals surface area (Å²) in [5, 5.41) is 9.29. The van der Waals surface area contributed by atoms with Crippen molar-refractivity contribution >= 4 is 56.1 Å². The molecule has 0 aromatic carbocycles. The molecule has 1 atom stereocenters. The van der Waals surface area contributed by atoms with E-state index in [4.69, 9.17) is 11.6 Å². The van der Waals surface area contributed by atoms with E-state index in [1.807, 2.05) is 37.3 Å². The third-order valence-electron chi connectivity index (χ3n) is 6.47. The van der Waals surface area contributed by atoms with Gasteiger partial charge in [0.05, 0.1) is 27.8 Å². The molecule has 4 aromatic rings. The standard InChI is InChI=1S/C24H28ClN7OS/c1-4-31(12-11-30(2)3)24(33)15-5-6-16-19(13-15)34-23-20(16)22(26-14-27-23)29-17-8-10-32-18(21(17)25)7-9-28-32/h7-10,14-15H,4-6,11-13H2,1-3H3,(H,26,27,29)/t15-/m0/s1. The molecule has 1 N–H and O–H groups in total. The molecule has 1 aliphatic carbocycles. The summed E-state index contributed by atoms with van der Waals surface area (Å²) in [7, 11) is 4.08. The molecule has 4 aromatic heterocycles. The number of carbonyl (C=O) groups excluding carboxylic acids is 1. The zero-order valence-electron chi connectivity index (χ0n) is 19.6. The van der Waals surface area contributed by atoms with Crippen LogP contribution in [0.1, 0.15) is 23.8 Å². The smallest absolute Gasteiger partial charge is 0.226 e. The van der Waals surface area contributed by atoms with Crippen LogP contribution in [0.5, 0.6) is 0 Å². The topological polar surface area (TPSA) is 78.7 Å². The number of likely N-dealkylation sites (N-methyl/N-ethyl adjacent to an activating group) is 2. The van der Waals surface area contributed by atoms with Gasteiger partial charge in [-0.25, -0.2) is 14.5 Å². The quantitative estimate of drug-likeness (QED) is 0.411. The van der Waals surface area contributed by atoms with Crippen LogP contribution in [0.15, 0.2) is 30.9 Å². The molecule has 0 fully saturated rings. The lowest BCUT2D eigenvalue weighted by Gasteiger charge is -2.29. The van der Waals surface area contributed by atoms with Crippen LogP contribution in [0.3, 0.4) is 0 Å². The summed E-state index contributed by atoms with van der Waals surface area (Å²) in [6, 6.07) is 3.78. The molecule has 0 bridgehead atoms. The number of aryl methyl sites for hydroxylation is 1. The van der Waals surface area contributed by atoms with Crippen molar-refractivity contribution in [3.8, 4) is 0 Å². The van der Waals surface area contributed by atoms with Crippen molar-refractivity contribution in [2.75, 3.05) is 39.0 Å². The minimum Gasteiger partial charge on any atom is -0.341 e. The number of halogens is 1. The molecule has 0 aliphatic heterocycles. The number of rotatable bonds is 7. The molecular formula is C24H28ClN7OS. The molecule has 0 spiro atoms. The van der Waals surface area contributed by atoms with Gasteiger partial charge in [-0.3, -0.25) is 4.79 Å². The Labute approximate surface area is 207 Å². The van der Waals surface area contributed by atoms with E-state index in [2.05, 4.69) is 32.2 Å². The minimum atomic E-state index is 0.0192. The highest BCUT2D eigenvalue weighted by Crippen LogP contribution is 2.41. The highest BCUT2D eigenvalue weighted by atomic mass is 35.5. The second-order valence-corrected chi connectivity index (χ2v) is 10.4. The fourth-order valence-corrected chi connectivity index (χ4v) is 6.13. The summed E-state index contributed by atoms with van der Waals surface area (Å²) < 4.78 is 1.74. The van der Waals surface area contributed by atoms with Crippen LogP contribution in [0.4, 0.5) is 11.5 Å². The summed E-state index contributed by atoms with van der Waals surface area (Å²) >= 11 is 8.31. The second kappa shape index (κ2) is 9.48. The largest absolute Gasteiger partial charge is 0.341 e. The van der Waals surface area contributed by atoms with Crippen molar-refractivity contribution in [2.24, 2.45) is 5.92 Å². The van der Waals surface area contributed by atoms with Gasteiger partial charge >= 0.3 is 0 Å². The summed E-state index contributed by atoms with van der Waals surface area (Å²) in [6.07, 6.45) is 7.62. The number of carbonyl (C=O) groups is 1. The molecule has 34 heavy (non-hydrogen) atoms. The maximum Gasteiger partial charge on any atom is 0.226 e. The first-order valence-electron chi connectivity index (χ1n) is 11.5. The number of hydrogen-bond acceptors (Lipinski definition) is 7. The Morgan fingerprint density at radius 3 is 2.94 bits per heavy atom. The van der Waals surface area contributed by atoms with Gasteiger partial charge in [0.1, 0.15) is 17.0 Å². The molecule has 0 unspecified atom stereocenters. The minimum absolute atomic E-state index is 0.0192. The van der Waals surface area contributed by atoms with Crippen LogP contribution in [0, 0.1) is 5.92 Å². The number of fused-ring (bicyclic) bond motifs is 4. The number of nitrogens with one attached hydrogen (secondary N) is 1. The van der Waals surface area contributed by atoms with Gasteiger partial charge in [-0.15, -0.1) is 11.3 Å². The van der Waals surface area contributed by atoms with E-state index in [1.54, 1.807) is 28.4 Å². The maximum absolute atomic E-state index is 13.2. The van der Waals surface area contributed by atoms with Gasteiger partial charge in [-0.1, -0.05) is 11.6 Å². The van der Waals surface area contributed by atoms with Crippen molar-refractivity contribution in [1.82, 2.24) is 29.4 Å². The molecule has 5 rings (SSSR count). The van der Waals surface area contributed by atoms with Crippen molar-refractivity contribution in [1.29, 1.82) is 0 Å². The predicted octanol–water partition coefficient (Wildman–Crippen LogP) is 4.25. The van der Waals surface area contributed by atoms with Crippen molar-refractivity contribution < 1.29 is 4.79 Å². The zero-order valence-corrected chi connectivity index (χ0v) is 21.2. The van der Waals surface area contributed by atoms with E-state index in [0.717, 1.165) is 66.1 Å². The number of amides is 1. The lowest BCUT2D eigenvalue weighted by molar-refractivity contribution is -0.135. The van der Waals surface area contributed by atoms with E-state index in [9.17, 15) is 4.79 Å². The number of hydrogen-bond donors (Lipinski definition) is 1. The van der Waals surface area contributed by atoms with Gasteiger partial charge in [0.2, 0.25) is 5.91 Å². The predicted molar refractivity (Wildman–Crippen MR) is 137 cm³/mol. The molecule has 1 amide bonds. The van der Waals surface area contributed by atoms with E-state index in [-0.39, 0.29) is 11.8 Å². The Balaban J connectivity index is 1.42. The Bertz CT molecular complexity index is 1350. The molecule has 178 valence electrons. The third kappa shape index (κ3) is 4.23. The Morgan fingerprint density at radius 2 is 2.15 bits per heavy atom. The molecule has 1 aliphatic rings. The highest BCUT2D eigenvalue weighted by Gasteiger charge is 2.31. The maximum atomic E-state index is 13.2. The van der Waals surface area contributed by atoms with Crippen molar-refractivity contribution in [2.45, 2.75) is 26.2 Å². The van der Waals surface area contributed by atoms with Gasteiger partial charge < -0.3 is 15.1 Å². The molecule has 10 heteroatoms. The van der Waals surface area contributed by atoms with Crippen molar-refractivity contribution in [3.05, 3.63) is 46.3 Å². The summed E-state index contributed by atoms with van der Waals surface area (Å²) in [4.78, 5) is 28.6. The van der Waals surface area contributed by atoms with Gasteiger partial charge in [-0.05, 0) is 58.0 Å². The highest BCUT2D eigenvalue weighted by molar-refractivity contribution is 7.19. The monoisotopic (exact) mass is 497 g/mol. The molecule has 0 saturated heterocycles. The van der Waals surface area contributed by atoms with E-state index >= 15 is 0 Å². The average Bonchev–Trinajstić information content (AvgIpc) is 3.45. The lowest BCUT2D eigenvalue weighted by Crippen LogP contribution is -2.41. The van der Waals surface area contributed by atoms with Gasteiger partial charge in [0.25, 0.3) is 0 Å². The number of nitrogens with zero attached hydrogens (tertiary/aromatic N) is 6. The summed E-state index contributed by atoms with van der Waals surface area (Å²) in [6.45, 7) is 4.43. The van der Waals surface area contributed by atoms with Gasteiger partial charge in [0, 0.05) is 36.6 Å². The molecule has 0 radical (unpaired) electrons. The van der Waals surface area contributed by atoms with Crippen molar-refractivity contribution in [3.63, 3.8) is 0 Å². The number of thiophene rings is 1. The van der Waals surface area contributed by atoms with E-state index in [1.165, 1.54) is 10.4 Å². The summed E-state index contributed by atoms with van der Waals surface area (Å²) in [5.74, 6) is 1.03. The Kier molecular flexibility index (Phi) is 6.42. The molecule has 8 nitrogen and oxygen atoms in total. The number of anilines is 2. The number of aromatic nitrogens is 4. The first-order chi connectivity index (χ1) is 16.5. The van der Waals surface area contributed by atoms with Gasteiger partial charge in [0.15, 0.2) is 0 Å². The summed E-state index contributed by atoms with van der Waals surface area (Å²) in [5.41, 5.74) is 2.86. The fourth-order valence-electron chi connectivity index (χ4n) is 4.61. The SMILES string of the molecule is CCN(CCN(C)C)C(=O)[C@H]1CCc2c(sc3ncnc(Nc4ccn5nccc5c4Cl)c23)C1. The Morgan fingerprint density at radius 1 is 1.29 bits per heavy atom. The van der Waals surface area contributed by atoms with Gasteiger partial charge in [-0.2, -0.15) is 5.10 Å². The lowest BCUT2D eigenvalue weighted by atomic mass is 9.87. The first kappa shape index (κ1) is 23.0. The van der Waals surface area contributed by atoms with Crippen LogP contribution in [0.2, 0.25) is 5.02 Å². The van der Waals surface area contributed by atoms with E-state index in [0.29, 0.717) is 5.02 Å². The molecule has 0 saturated carbocycles. The molecular weight excluding hydrogens is 470 g/mol. The van der Waals surface area contributed by atoms with Crippen LogP contribution in [-0.4, -0.2) is 69.0 Å². The number of pyridine rings is 1. The normalized spacial score (nSPS) is 15.7. The second-order valence-electron chi connectivity index (χ2n) is 8.90. The average molecular weight is 498 g/mol. The third-order valence-corrected chi connectivity index (χ3v) is 8.03. The van der Waals surface area contributed by atoms with E-state index < -0.39 is 0 Å². The van der Waals surface area contributed by atoms with Crippen LogP contribution in [-0.2, 0) is 17.6 Å². The van der Waals surface area contributed by atoms with Crippen LogP contribution < -0.4 is 5.32 Å². The first-order valence-corrected chi connectivity index (χ1v) is 12.7. The Hall–Kier alpha value is -2.75.